The Morgan fingerprint density at radius 1 is 0.881 bits per heavy atom. The van der Waals surface area contributed by atoms with Crippen molar-refractivity contribution >= 4 is 24.0 Å². The molecule has 42 heavy (non-hydrogen) atoms. The monoisotopic (exact) mass is 584 g/mol. The number of aliphatic carboxylic acids is 2. The lowest BCUT2D eigenvalue weighted by atomic mass is 10.1. The zero-order valence-electron chi connectivity index (χ0n) is 22.6. The van der Waals surface area contributed by atoms with Crippen LogP contribution in [0.3, 0.4) is 0 Å². The van der Waals surface area contributed by atoms with E-state index in [2.05, 4.69) is 4.98 Å². The Balaban J connectivity index is 0.000000730. The lowest BCUT2D eigenvalue weighted by Gasteiger charge is -2.31. The van der Waals surface area contributed by atoms with Gasteiger partial charge >= 0.3 is 24.0 Å². The molecule has 222 valence electrons. The minimum atomic E-state index is -1.82. The molecule has 2 N–H and O–H groups in total. The van der Waals surface area contributed by atoms with E-state index in [1.165, 1.54) is 25.3 Å². The van der Waals surface area contributed by atoms with Gasteiger partial charge in [-0.1, -0.05) is 12.1 Å². The average molecular weight is 585 g/mol. The van der Waals surface area contributed by atoms with Crippen molar-refractivity contribution in [1.29, 1.82) is 0 Å². The third-order valence-corrected chi connectivity index (χ3v) is 5.72. The minimum Gasteiger partial charge on any atom is -0.490 e. The zero-order chi connectivity index (χ0) is 30.5. The molecule has 0 atom stereocenters. The summed E-state index contributed by atoms with van der Waals surface area (Å²) in [5, 5.41) is 14.8. The smallest absolute Gasteiger partial charge is 0.415 e. The van der Waals surface area contributed by atoms with Gasteiger partial charge in [0.15, 0.2) is 5.75 Å². The lowest BCUT2D eigenvalue weighted by Crippen LogP contribution is -2.43. The van der Waals surface area contributed by atoms with E-state index in [1.807, 2.05) is 30.3 Å². The predicted molar refractivity (Wildman–Crippen MR) is 143 cm³/mol. The maximum atomic E-state index is 13.3. The maximum Gasteiger partial charge on any atom is 0.415 e. The second-order valence-corrected chi connectivity index (χ2v) is 8.98. The predicted octanol–water partition coefficient (Wildman–Crippen LogP) is 4.06. The highest BCUT2D eigenvalue weighted by atomic mass is 19.1. The highest BCUT2D eigenvalue weighted by Gasteiger charge is 2.25. The van der Waals surface area contributed by atoms with Gasteiger partial charge in [-0.15, -0.1) is 0 Å². The molecule has 12 nitrogen and oxygen atoms in total. The molecule has 2 aromatic carbocycles. The number of carboxylic acid groups (broad SMARTS) is 2. The molecular formula is C29H29FN2O10. The number of likely N-dealkylation sites (tertiary alicyclic amines) is 1. The number of piperidine rings is 1. The van der Waals surface area contributed by atoms with Gasteiger partial charge in [-0.2, -0.15) is 0 Å². The number of amides is 1. The summed E-state index contributed by atoms with van der Waals surface area (Å²) in [5.74, 6) is -2.66. The first-order chi connectivity index (χ1) is 20.1. The molecule has 1 aliphatic heterocycles. The number of carbonyl (C=O) groups is 4. The van der Waals surface area contributed by atoms with Gasteiger partial charge in [0.25, 0.3) is 0 Å². The van der Waals surface area contributed by atoms with E-state index >= 15 is 0 Å². The molecule has 1 fully saturated rings. The Labute approximate surface area is 240 Å². The van der Waals surface area contributed by atoms with Crippen LogP contribution in [-0.2, 0) is 32.3 Å². The molecule has 1 aromatic heterocycles. The molecule has 0 radical (unpaired) electrons. The number of pyridine rings is 1. The molecule has 4 rings (SSSR count). The fourth-order valence-corrected chi connectivity index (χ4v) is 3.71. The van der Waals surface area contributed by atoms with Crippen LogP contribution in [0.25, 0.3) is 0 Å². The molecule has 2 heterocycles. The standard InChI is InChI=1S/C27H27FN2O6.C2H2O4/c1-19(31)33-18-21-14-26(16-29-15-21)36-27(32)30-11-9-25(10-12-30)35-24-7-5-23(6-8-24)34-17-20-3-2-4-22(28)13-20;3-1(4)2(5)6/h2-8,13-16,25H,9-12,17-18H2,1H3;(H,3,4)(H,5,6). The number of aromatic nitrogens is 1. The van der Waals surface area contributed by atoms with Crippen molar-refractivity contribution in [1.82, 2.24) is 9.88 Å². The van der Waals surface area contributed by atoms with E-state index < -0.39 is 24.0 Å². The first kappa shape index (κ1) is 31.3. The summed E-state index contributed by atoms with van der Waals surface area (Å²) in [6.45, 7) is 2.67. The largest absolute Gasteiger partial charge is 0.490 e. The number of nitrogens with zero attached hydrogens (tertiary/aromatic N) is 2. The van der Waals surface area contributed by atoms with E-state index in [0.29, 0.717) is 48.7 Å². The molecule has 1 amide bonds. The van der Waals surface area contributed by atoms with Crippen molar-refractivity contribution in [2.45, 2.75) is 39.1 Å². The first-order valence-electron chi connectivity index (χ1n) is 12.7. The SMILES string of the molecule is CC(=O)OCc1cncc(OC(=O)N2CCC(Oc3ccc(OCc4cccc(F)c4)cc3)CC2)c1.O=C(O)C(=O)O. The van der Waals surface area contributed by atoms with Crippen LogP contribution < -0.4 is 14.2 Å². The average Bonchev–Trinajstić information content (AvgIpc) is 2.96. The lowest BCUT2D eigenvalue weighted by molar-refractivity contribution is -0.159. The minimum absolute atomic E-state index is 0.0261. The van der Waals surface area contributed by atoms with Crippen molar-refractivity contribution in [3.63, 3.8) is 0 Å². The van der Waals surface area contributed by atoms with Crippen LogP contribution >= 0.6 is 0 Å². The van der Waals surface area contributed by atoms with Crippen molar-refractivity contribution in [2.75, 3.05) is 13.1 Å². The number of carboxylic acids is 2. The fourth-order valence-electron chi connectivity index (χ4n) is 3.71. The molecule has 1 saturated heterocycles. The summed E-state index contributed by atoms with van der Waals surface area (Å²) < 4.78 is 35.4. The van der Waals surface area contributed by atoms with Crippen LogP contribution in [0.2, 0.25) is 0 Å². The Hall–Kier alpha value is -5.20. The van der Waals surface area contributed by atoms with Crippen molar-refractivity contribution in [3.05, 3.63) is 83.9 Å². The van der Waals surface area contributed by atoms with E-state index in [1.54, 1.807) is 23.2 Å². The highest BCUT2D eigenvalue weighted by Crippen LogP contribution is 2.23. The third kappa shape index (κ3) is 10.8. The van der Waals surface area contributed by atoms with Gasteiger partial charge in [0, 0.05) is 44.6 Å². The van der Waals surface area contributed by atoms with Crippen LogP contribution in [0.5, 0.6) is 17.2 Å². The highest BCUT2D eigenvalue weighted by molar-refractivity contribution is 6.27. The number of hydrogen-bond donors (Lipinski definition) is 2. The molecule has 0 aliphatic carbocycles. The molecule has 0 saturated carbocycles. The second kappa shape index (κ2) is 15.6. The van der Waals surface area contributed by atoms with Gasteiger partial charge in [0.05, 0.1) is 6.20 Å². The van der Waals surface area contributed by atoms with Crippen LogP contribution in [0.1, 0.15) is 30.9 Å². The number of esters is 1. The van der Waals surface area contributed by atoms with Crippen LogP contribution in [0, 0.1) is 5.82 Å². The number of halogens is 1. The van der Waals surface area contributed by atoms with Gasteiger partial charge in [0.1, 0.15) is 36.6 Å². The van der Waals surface area contributed by atoms with Crippen LogP contribution in [0.4, 0.5) is 9.18 Å². The molecule has 3 aromatic rings. The topological polar surface area (TPSA) is 162 Å². The third-order valence-electron chi connectivity index (χ3n) is 5.72. The summed E-state index contributed by atoms with van der Waals surface area (Å²) in [5.41, 5.74) is 1.39. The second-order valence-electron chi connectivity index (χ2n) is 8.98. The molecule has 13 heteroatoms. The summed E-state index contributed by atoms with van der Waals surface area (Å²) in [6.07, 6.45) is 3.83. The quantitative estimate of drug-likeness (QED) is 0.290. The van der Waals surface area contributed by atoms with Gasteiger partial charge in [-0.05, 0) is 48.0 Å². The number of hydrogen-bond acceptors (Lipinski definition) is 9. The van der Waals surface area contributed by atoms with Crippen molar-refractivity contribution < 1.29 is 52.7 Å². The molecule has 0 unspecified atom stereocenters. The van der Waals surface area contributed by atoms with E-state index in [4.69, 9.17) is 38.7 Å². The summed E-state index contributed by atoms with van der Waals surface area (Å²) in [6, 6.07) is 15.2. The first-order valence-corrected chi connectivity index (χ1v) is 12.7. The number of benzene rings is 2. The number of carbonyl (C=O) groups excluding carboxylic acids is 2. The summed E-state index contributed by atoms with van der Waals surface area (Å²) in [7, 11) is 0. The van der Waals surface area contributed by atoms with Crippen LogP contribution in [0.15, 0.2) is 67.0 Å². The van der Waals surface area contributed by atoms with Crippen molar-refractivity contribution in [2.24, 2.45) is 0 Å². The van der Waals surface area contributed by atoms with Gasteiger partial charge in [0.2, 0.25) is 0 Å². The van der Waals surface area contributed by atoms with Crippen molar-refractivity contribution in [3.8, 4) is 17.2 Å². The Morgan fingerprint density at radius 3 is 2.17 bits per heavy atom. The van der Waals surface area contributed by atoms with E-state index in [0.717, 1.165) is 5.56 Å². The number of rotatable bonds is 8. The Kier molecular flexibility index (Phi) is 11.6. The molecule has 1 aliphatic rings. The fraction of sp³-hybridized carbons (Fsp3) is 0.276. The Morgan fingerprint density at radius 2 is 1.55 bits per heavy atom. The van der Waals surface area contributed by atoms with E-state index in [9.17, 15) is 14.0 Å². The van der Waals surface area contributed by atoms with E-state index in [-0.39, 0.29) is 25.1 Å². The maximum absolute atomic E-state index is 13.3. The molecule has 0 bridgehead atoms. The number of ether oxygens (including phenoxy) is 4. The normalized spacial score (nSPS) is 12.8. The summed E-state index contributed by atoms with van der Waals surface area (Å²) >= 11 is 0. The molecule has 0 spiro atoms. The molecular weight excluding hydrogens is 555 g/mol. The summed E-state index contributed by atoms with van der Waals surface area (Å²) in [4.78, 5) is 47.4. The van der Waals surface area contributed by atoms with Crippen LogP contribution in [-0.4, -0.2) is 63.3 Å². The van der Waals surface area contributed by atoms with Gasteiger partial charge in [-0.25, -0.2) is 18.8 Å². The van der Waals surface area contributed by atoms with Gasteiger partial charge in [-0.3, -0.25) is 9.78 Å². The van der Waals surface area contributed by atoms with Gasteiger partial charge < -0.3 is 34.1 Å². The Bertz CT molecular complexity index is 1360. The zero-order valence-corrected chi connectivity index (χ0v) is 22.6.